The minimum absolute atomic E-state index is 0.0249. The fourth-order valence-corrected chi connectivity index (χ4v) is 3.88. The quantitative estimate of drug-likeness (QED) is 0.208. The predicted octanol–water partition coefficient (Wildman–Crippen LogP) is 4.26. The number of aliphatic hydroxyl groups is 1. The number of ketones is 1. The van der Waals surface area contributed by atoms with Gasteiger partial charge < -0.3 is 10.0 Å². The maximum absolute atomic E-state index is 13.0. The van der Waals surface area contributed by atoms with Crippen LogP contribution >= 0.6 is 0 Å². The molecule has 1 aliphatic rings. The molecule has 0 saturated carbocycles. The lowest BCUT2D eigenvalue weighted by Crippen LogP contribution is -2.31. The Morgan fingerprint density at radius 1 is 0.906 bits per heavy atom. The van der Waals surface area contributed by atoms with Gasteiger partial charge in [-0.05, 0) is 29.7 Å². The molecular weight excluding hydrogens is 408 g/mol. The SMILES string of the molecule is O=C1C(=O)N(CCc2ccccc2)C(c2ccc([N+](=O)[O-])cc2)/C1=C(\O)c1ccccc1. The van der Waals surface area contributed by atoms with E-state index in [-0.39, 0.29) is 23.6 Å². The number of carbonyl (C=O) groups is 2. The Balaban J connectivity index is 1.78. The van der Waals surface area contributed by atoms with E-state index < -0.39 is 22.7 Å². The normalized spacial score (nSPS) is 17.5. The van der Waals surface area contributed by atoms with Crippen LogP contribution in [-0.2, 0) is 16.0 Å². The Hall–Kier alpha value is -4.26. The lowest BCUT2D eigenvalue weighted by atomic mass is 9.95. The van der Waals surface area contributed by atoms with Gasteiger partial charge in [-0.25, -0.2) is 0 Å². The van der Waals surface area contributed by atoms with Crippen molar-refractivity contribution >= 4 is 23.1 Å². The number of nitro benzene ring substituents is 1. The molecule has 7 heteroatoms. The summed E-state index contributed by atoms with van der Waals surface area (Å²) in [4.78, 5) is 37.9. The molecule has 0 radical (unpaired) electrons. The first-order valence-electron chi connectivity index (χ1n) is 10.1. The van der Waals surface area contributed by atoms with Crippen molar-refractivity contribution in [3.05, 3.63) is 117 Å². The second-order valence-electron chi connectivity index (χ2n) is 7.44. The third-order valence-electron chi connectivity index (χ3n) is 5.49. The Bertz CT molecular complexity index is 1190. The molecule has 0 spiro atoms. The smallest absolute Gasteiger partial charge is 0.295 e. The zero-order chi connectivity index (χ0) is 22.7. The molecule has 1 fully saturated rings. The van der Waals surface area contributed by atoms with Gasteiger partial charge in [-0.2, -0.15) is 0 Å². The van der Waals surface area contributed by atoms with E-state index in [9.17, 15) is 24.8 Å². The number of carbonyl (C=O) groups excluding carboxylic acids is 2. The molecular formula is C25H20N2O5. The van der Waals surface area contributed by atoms with Crippen LogP contribution < -0.4 is 0 Å². The second-order valence-corrected chi connectivity index (χ2v) is 7.44. The molecule has 1 saturated heterocycles. The zero-order valence-electron chi connectivity index (χ0n) is 17.0. The molecule has 1 unspecified atom stereocenters. The summed E-state index contributed by atoms with van der Waals surface area (Å²) in [5.74, 6) is -1.75. The van der Waals surface area contributed by atoms with Gasteiger partial charge in [-0.1, -0.05) is 60.7 Å². The molecule has 1 heterocycles. The summed E-state index contributed by atoms with van der Waals surface area (Å²) in [6, 6.07) is 22.9. The number of rotatable bonds is 6. The van der Waals surface area contributed by atoms with E-state index in [1.807, 2.05) is 30.3 Å². The molecule has 1 atom stereocenters. The Labute approximate surface area is 184 Å². The van der Waals surface area contributed by atoms with Gasteiger partial charge in [0.15, 0.2) is 0 Å². The molecule has 32 heavy (non-hydrogen) atoms. The Morgan fingerprint density at radius 2 is 1.50 bits per heavy atom. The van der Waals surface area contributed by atoms with Crippen molar-refractivity contribution in [2.75, 3.05) is 6.54 Å². The second kappa shape index (κ2) is 8.85. The molecule has 0 bridgehead atoms. The molecule has 160 valence electrons. The van der Waals surface area contributed by atoms with E-state index in [4.69, 9.17) is 0 Å². The summed E-state index contributed by atoms with van der Waals surface area (Å²) >= 11 is 0. The summed E-state index contributed by atoms with van der Waals surface area (Å²) in [6.07, 6.45) is 0.517. The van der Waals surface area contributed by atoms with Crippen molar-refractivity contribution in [1.82, 2.24) is 4.90 Å². The number of likely N-dealkylation sites (tertiary alicyclic amines) is 1. The largest absolute Gasteiger partial charge is 0.507 e. The minimum atomic E-state index is -0.847. The fourth-order valence-electron chi connectivity index (χ4n) is 3.88. The Morgan fingerprint density at radius 3 is 2.09 bits per heavy atom. The molecule has 0 aliphatic carbocycles. The first-order chi connectivity index (χ1) is 15.5. The number of nitrogens with zero attached hydrogens (tertiary/aromatic N) is 2. The van der Waals surface area contributed by atoms with Crippen LogP contribution in [0.1, 0.15) is 22.7 Å². The van der Waals surface area contributed by atoms with Gasteiger partial charge >= 0.3 is 0 Å². The number of hydrogen-bond acceptors (Lipinski definition) is 5. The van der Waals surface area contributed by atoms with Gasteiger partial charge in [-0.3, -0.25) is 19.7 Å². The van der Waals surface area contributed by atoms with Gasteiger partial charge in [0.2, 0.25) is 0 Å². The molecule has 4 rings (SSSR count). The van der Waals surface area contributed by atoms with Gasteiger partial charge in [0.25, 0.3) is 17.4 Å². The van der Waals surface area contributed by atoms with Gasteiger partial charge in [0, 0.05) is 24.2 Å². The van der Waals surface area contributed by atoms with Gasteiger partial charge in [0.1, 0.15) is 5.76 Å². The lowest BCUT2D eigenvalue weighted by Gasteiger charge is -2.25. The van der Waals surface area contributed by atoms with Crippen LogP contribution in [0.15, 0.2) is 90.5 Å². The van der Waals surface area contributed by atoms with Crippen LogP contribution in [0.3, 0.4) is 0 Å². The molecule has 0 aromatic heterocycles. The van der Waals surface area contributed by atoms with Crippen molar-refractivity contribution in [1.29, 1.82) is 0 Å². The van der Waals surface area contributed by atoms with Crippen LogP contribution in [0.2, 0.25) is 0 Å². The van der Waals surface area contributed by atoms with Crippen LogP contribution in [0, 0.1) is 10.1 Å². The van der Waals surface area contributed by atoms with Crippen molar-refractivity contribution in [2.24, 2.45) is 0 Å². The molecule has 3 aromatic rings. The third kappa shape index (κ3) is 4.00. The van der Waals surface area contributed by atoms with E-state index in [2.05, 4.69) is 0 Å². The highest BCUT2D eigenvalue weighted by atomic mass is 16.6. The van der Waals surface area contributed by atoms with E-state index >= 15 is 0 Å². The maximum atomic E-state index is 13.0. The lowest BCUT2D eigenvalue weighted by molar-refractivity contribution is -0.384. The number of benzene rings is 3. The first kappa shape index (κ1) is 21.0. The summed E-state index contributed by atoms with van der Waals surface area (Å²) in [5, 5.41) is 22.0. The van der Waals surface area contributed by atoms with E-state index in [0.29, 0.717) is 17.5 Å². The highest BCUT2D eigenvalue weighted by Gasteiger charge is 2.45. The topological polar surface area (TPSA) is 101 Å². The molecule has 1 N–H and O–H groups in total. The maximum Gasteiger partial charge on any atom is 0.295 e. The number of nitro groups is 1. The number of non-ortho nitro benzene ring substituents is 1. The summed E-state index contributed by atoms with van der Waals surface area (Å²) in [7, 11) is 0. The summed E-state index contributed by atoms with van der Waals surface area (Å²) in [6.45, 7) is 0.252. The average Bonchev–Trinajstić information content (AvgIpc) is 3.08. The molecule has 3 aromatic carbocycles. The molecule has 1 amide bonds. The van der Waals surface area contributed by atoms with E-state index in [0.717, 1.165) is 5.56 Å². The van der Waals surface area contributed by atoms with Crippen LogP contribution in [0.5, 0.6) is 0 Å². The van der Waals surface area contributed by atoms with Crippen molar-refractivity contribution in [3.63, 3.8) is 0 Å². The monoisotopic (exact) mass is 428 g/mol. The fraction of sp³-hybridized carbons (Fsp3) is 0.120. The van der Waals surface area contributed by atoms with E-state index in [1.165, 1.54) is 29.2 Å². The zero-order valence-corrected chi connectivity index (χ0v) is 17.0. The molecule has 1 aliphatic heterocycles. The predicted molar refractivity (Wildman–Crippen MR) is 119 cm³/mol. The van der Waals surface area contributed by atoms with Crippen molar-refractivity contribution in [2.45, 2.75) is 12.5 Å². The molecule has 7 nitrogen and oxygen atoms in total. The van der Waals surface area contributed by atoms with Crippen molar-refractivity contribution < 1.29 is 19.6 Å². The van der Waals surface area contributed by atoms with Crippen LogP contribution in [-0.4, -0.2) is 33.2 Å². The average molecular weight is 428 g/mol. The first-order valence-corrected chi connectivity index (χ1v) is 10.1. The number of hydrogen-bond donors (Lipinski definition) is 1. The number of amides is 1. The van der Waals surface area contributed by atoms with Gasteiger partial charge in [0.05, 0.1) is 16.5 Å². The van der Waals surface area contributed by atoms with Gasteiger partial charge in [-0.15, -0.1) is 0 Å². The van der Waals surface area contributed by atoms with E-state index in [1.54, 1.807) is 30.3 Å². The minimum Gasteiger partial charge on any atom is -0.507 e. The third-order valence-corrected chi connectivity index (χ3v) is 5.49. The highest BCUT2D eigenvalue weighted by molar-refractivity contribution is 6.46. The Kier molecular flexibility index (Phi) is 5.81. The summed E-state index contributed by atoms with van der Waals surface area (Å²) in [5.41, 5.74) is 1.81. The van der Waals surface area contributed by atoms with Crippen molar-refractivity contribution in [3.8, 4) is 0 Å². The van der Waals surface area contributed by atoms with Crippen LogP contribution in [0.4, 0.5) is 5.69 Å². The standard InChI is InChI=1S/C25H20N2O5/c28-23(19-9-5-2-6-10-19)21-22(18-11-13-20(14-12-18)27(31)32)26(25(30)24(21)29)16-15-17-7-3-1-4-8-17/h1-14,22,28H,15-16H2/b23-21+. The van der Waals surface area contributed by atoms with Crippen LogP contribution in [0.25, 0.3) is 5.76 Å². The number of Topliss-reactive ketones (excluding diaryl/α,β-unsaturated/α-hetero) is 1. The number of aliphatic hydroxyl groups excluding tert-OH is 1. The highest BCUT2D eigenvalue weighted by Crippen LogP contribution is 2.39. The summed E-state index contributed by atoms with van der Waals surface area (Å²) < 4.78 is 0.